The number of aromatic nitrogens is 1. The van der Waals surface area contributed by atoms with Crippen LogP contribution in [0.15, 0.2) is 9.72 Å². The Balaban J connectivity index is 1.74. The lowest BCUT2D eigenvalue weighted by Gasteiger charge is -2.10. The van der Waals surface area contributed by atoms with E-state index < -0.39 is 5.91 Å². The number of amides is 2. The second-order valence-electron chi connectivity index (χ2n) is 5.43. The van der Waals surface area contributed by atoms with Crippen LogP contribution in [0.3, 0.4) is 0 Å². The van der Waals surface area contributed by atoms with Crippen molar-refractivity contribution in [3.8, 4) is 0 Å². The number of carbonyl (C=O) groups excluding carboxylic acids is 2. The summed E-state index contributed by atoms with van der Waals surface area (Å²) >= 11 is 4.43. The molecule has 0 radical (unpaired) electrons. The Bertz CT molecular complexity index is 766. The summed E-state index contributed by atoms with van der Waals surface area (Å²) < 4.78 is 0.869. The predicted octanol–water partition coefficient (Wildman–Crippen LogP) is 3.22. The molecule has 8 heteroatoms. The number of aryl methyl sites for hydroxylation is 2. The zero-order valence-electron chi connectivity index (χ0n) is 12.8. The molecule has 0 bridgehead atoms. The van der Waals surface area contributed by atoms with E-state index in [0.717, 1.165) is 34.9 Å². The summed E-state index contributed by atoms with van der Waals surface area (Å²) in [4.78, 5) is 29.7. The summed E-state index contributed by atoms with van der Waals surface area (Å²) in [5.41, 5.74) is 7.99. The summed E-state index contributed by atoms with van der Waals surface area (Å²) in [5, 5.41) is 5.14. The predicted molar refractivity (Wildman–Crippen MR) is 95.7 cm³/mol. The van der Waals surface area contributed by atoms with E-state index in [-0.39, 0.29) is 11.2 Å². The SMILES string of the molecule is Cc1csc(S[C@H](C)C(=O)Nc2sc3c(c2C(N)=O)CCC3)n1. The van der Waals surface area contributed by atoms with Crippen molar-refractivity contribution in [3.05, 3.63) is 27.1 Å². The maximum Gasteiger partial charge on any atom is 0.251 e. The van der Waals surface area contributed by atoms with Crippen LogP contribution < -0.4 is 11.1 Å². The standard InChI is InChI=1S/C15H17N3O2S3/c1-7-6-21-15(17-7)22-8(2)13(20)18-14-11(12(16)19)9-4-3-5-10(9)23-14/h6,8H,3-5H2,1-2H3,(H2,16,19)(H,18,20)/t8-/m1/s1. The molecule has 23 heavy (non-hydrogen) atoms. The number of thiazole rings is 1. The van der Waals surface area contributed by atoms with Gasteiger partial charge in [0.1, 0.15) is 5.00 Å². The Hall–Kier alpha value is -1.38. The number of anilines is 1. The molecule has 5 nitrogen and oxygen atoms in total. The van der Waals surface area contributed by atoms with Crippen LogP contribution in [0.2, 0.25) is 0 Å². The lowest BCUT2D eigenvalue weighted by molar-refractivity contribution is -0.115. The van der Waals surface area contributed by atoms with E-state index in [1.165, 1.54) is 39.3 Å². The average Bonchev–Trinajstić information content (AvgIpc) is 3.14. The molecule has 2 amide bonds. The van der Waals surface area contributed by atoms with Gasteiger partial charge in [-0.15, -0.1) is 22.7 Å². The minimum atomic E-state index is -0.462. The second kappa shape index (κ2) is 6.62. The molecule has 0 unspecified atom stereocenters. The minimum Gasteiger partial charge on any atom is -0.365 e. The number of thioether (sulfide) groups is 1. The first-order valence-electron chi connectivity index (χ1n) is 7.29. The third-order valence-electron chi connectivity index (χ3n) is 3.65. The number of fused-ring (bicyclic) bond motifs is 1. The first-order valence-corrected chi connectivity index (χ1v) is 9.87. The van der Waals surface area contributed by atoms with Crippen LogP contribution >= 0.6 is 34.4 Å². The van der Waals surface area contributed by atoms with Gasteiger partial charge in [0.2, 0.25) is 5.91 Å². The molecular formula is C15H17N3O2S3. The minimum absolute atomic E-state index is 0.134. The van der Waals surface area contributed by atoms with Gasteiger partial charge in [0, 0.05) is 16.0 Å². The molecule has 2 aromatic heterocycles. The van der Waals surface area contributed by atoms with Crippen molar-refractivity contribution in [1.82, 2.24) is 4.98 Å². The highest BCUT2D eigenvalue weighted by molar-refractivity contribution is 8.02. The Labute approximate surface area is 146 Å². The normalized spacial score (nSPS) is 14.5. The van der Waals surface area contributed by atoms with Gasteiger partial charge < -0.3 is 11.1 Å². The molecule has 122 valence electrons. The highest BCUT2D eigenvalue weighted by atomic mass is 32.2. The van der Waals surface area contributed by atoms with E-state index in [1.807, 2.05) is 19.2 Å². The fraction of sp³-hybridized carbons (Fsp3) is 0.400. The van der Waals surface area contributed by atoms with Crippen molar-refractivity contribution in [3.63, 3.8) is 0 Å². The van der Waals surface area contributed by atoms with E-state index in [2.05, 4.69) is 10.3 Å². The van der Waals surface area contributed by atoms with Crippen molar-refractivity contribution in [2.75, 3.05) is 5.32 Å². The summed E-state index contributed by atoms with van der Waals surface area (Å²) in [7, 11) is 0. The van der Waals surface area contributed by atoms with Crippen molar-refractivity contribution in [2.24, 2.45) is 5.73 Å². The number of hydrogen-bond acceptors (Lipinski definition) is 6. The summed E-state index contributed by atoms with van der Waals surface area (Å²) in [6, 6.07) is 0. The smallest absolute Gasteiger partial charge is 0.251 e. The van der Waals surface area contributed by atoms with E-state index in [9.17, 15) is 9.59 Å². The summed E-state index contributed by atoms with van der Waals surface area (Å²) in [6.07, 6.45) is 2.87. The van der Waals surface area contributed by atoms with E-state index in [0.29, 0.717) is 10.6 Å². The van der Waals surface area contributed by atoms with Crippen LogP contribution in [0.25, 0.3) is 0 Å². The van der Waals surface area contributed by atoms with Crippen LogP contribution in [0.4, 0.5) is 5.00 Å². The Morgan fingerprint density at radius 2 is 2.22 bits per heavy atom. The van der Waals surface area contributed by atoms with Gasteiger partial charge in [-0.3, -0.25) is 9.59 Å². The zero-order valence-corrected chi connectivity index (χ0v) is 15.3. The summed E-state index contributed by atoms with van der Waals surface area (Å²) in [6.45, 7) is 3.76. The second-order valence-corrected chi connectivity index (χ2v) is 8.98. The lowest BCUT2D eigenvalue weighted by atomic mass is 10.1. The number of primary amides is 1. The first kappa shape index (κ1) is 16.5. The molecule has 0 aliphatic heterocycles. The molecule has 1 aliphatic rings. The molecule has 2 heterocycles. The van der Waals surface area contributed by atoms with Crippen LogP contribution in [0.5, 0.6) is 0 Å². The van der Waals surface area contributed by atoms with E-state index in [1.54, 1.807) is 0 Å². The molecular weight excluding hydrogens is 350 g/mol. The first-order chi connectivity index (χ1) is 11.0. The lowest BCUT2D eigenvalue weighted by Crippen LogP contribution is -2.24. The Morgan fingerprint density at radius 1 is 1.43 bits per heavy atom. The molecule has 3 N–H and O–H groups in total. The average molecular weight is 368 g/mol. The molecule has 0 spiro atoms. The van der Waals surface area contributed by atoms with Gasteiger partial charge >= 0.3 is 0 Å². The highest BCUT2D eigenvalue weighted by Crippen LogP contribution is 2.39. The van der Waals surface area contributed by atoms with Gasteiger partial charge in [-0.05, 0) is 38.7 Å². The Morgan fingerprint density at radius 3 is 2.87 bits per heavy atom. The summed E-state index contributed by atoms with van der Waals surface area (Å²) in [5.74, 6) is -0.596. The Kier molecular flexibility index (Phi) is 4.74. The molecule has 1 atom stereocenters. The van der Waals surface area contributed by atoms with Crippen molar-refractivity contribution >= 4 is 51.3 Å². The third kappa shape index (κ3) is 3.44. The maximum absolute atomic E-state index is 12.4. The molecule has 0 fully saturated rings. The number of hydrogen-bond donors (Lipinski definition) is 2. The van der Waals surface area contributed by atoms with Crippen LogP contribution in [0, 0.1) is 6.92 Å². The number of thiophene rings is 1. The fourth-order valence-electron chi connectivity index (χ4n) is 2.56. The largest absolute Gasteiger partial charge is 0.365 e. The van der Waals surface area contributed by atoms with Crippen LogP contribution in [-0.2, 0) is 17.6 Å². The molecule has 0 saturated carbocycles. The monoisotopic (exact) mass is 367 g/mol. The van der Waals surface area contributed by atoms with Crippen LogP contribution in [0.1, 0.15) is 39.8 Å². The van der Waals surface area contributed by atoms with Gasteiger partial charge in [0.25, 0.3) is 5.91 Å². The maximum atomic E-state index is 12.4. The molecule has 2 aromatic rings. The van der Waals surface area contributed by atoms with Gasteiger partial charge in [-0.25, -0.2) is 4.98 Å². The van der Waals surface area contributed by atoms with Gasteiger partial charge in [0.05, 0.1) is 10.8 Å². The third-order valence-corrected chi connectivity index (χ3v) is 7.05. The van der Waals surface area contributed by atoms with Gasteiger partial charge in [-0.1, -0.05) is 11.8 Å². The highest BCUT2D eigenvalue weighted by Gasteiger charge is 2.27. The molecule has 0 saturated heterocycles. The van der Waals surface area contributed by atoms with Crippen LogP contribution in [-0.4, -0.2) is 22.0 Å². The fourth-order valence-corrected chi connectivity index (χ4v) is 5.84. The number of rotatable bonds is 5. The van der Waals surface area contributed by atoms with Crippen molar-refractivity contribution < 1.29 is 9.59 Å². The van der Waals surface area contributed by atoms with Crippen molar-refractivity contribution in [2.45, 2.75) is 42.7 Å². The van der Waals surface area contributed by atoms with Gasteiger partial charge in [-0.2, -0.15) is 0 Å². The topological polar surface area (TPSA) is 85.1 Å². The van der Waals surface area contributed by atoms with E-state index >= 15 is 0 Å². The van der Waals surface area contributed by atoms with Crippen molar-refractivity contribution in [1.29, 1.82) is 0 Å². The number of nitrogens with zero attached hydrogens (tertiary/aromatic N) is 1. The number of carbonyl (C=O) groups is 2. The van der Waals surface area contributed by atoms with Gasteiger partial charge in [0.15, 0.2) is 4.34 Å². The van der Waals surface area contributed by atoms with E-state index in [4.69, 9.17) is 5.73 Å². The molecule has 3 rings (SSSR count). The zero-order chi connectivity index (χ0) is 16.6. The number of nitrogens with one attached hydrogen (secondary N) is 1. The molecule has 0 aromatic carbocycles. The quantitative estimate of drug-likeness (QED) is 0.795. The number of nitrogens with two attached hydrogens (primary N) is 1. The molecule has 1 aliphatic carbocycles.